The second kappa shape index (κ2) is 2.81. The molecule has 3 heteroatoms. The molecule has 2 nitrogen and oxygen atoms in total. The van der Waals surface area contributed by atoms with Gasteiger partial charge in [-0.1, -0.05) is 12.8 Å². The topological polar surface area (TPSA) is 33.1 Å². The van der Waals surface area contributed by atoms with Crippen LogP contribution in [0.4, 0.5) is 0 Å². The maximum Gasteiger partial charge on any atom is 0.222 e. The summed E-state index contributed by atoms with van der Waals surface area (Å²) in [6, 6.07) is 0. The van der Waals surface area contributed by atoms with Crippen LogP contribution in [0.1, 0.15) is 36.6 Å². The Morgan fingerprint density at radius 2 is 2.18 bits per heavy atom. The fourth-order valence-electron chi connectivity index (χ4n) is 1.64. The third-order valence-corrected chi connectivity index (χ3v) is 3.21. The summed E-state index contributed by atoms with van der Waals surface area (Å²) in [5, 5.41) is 11.9. The molecule has 0 amide bonds. The molecule has 0 saturated heterocycles. The lowest BCUT2D eigenvalue weighted by molar-refractivity contribution is 0.454. The minimum atomic E-state index is 0.192. The van der Waals surface area contributed by atoms with Crippen LogP contribution in [-0.4, -0.2) is 10.1 Å². The van der Waals surface area contributed by atoms with Crippen molar-refractivity contribution in [2.45, 2.75) is 31.6 Å². The largest absolute Gasteiger partial charge is 0.493 e. The van der Waals surface area contributed by atoms with Gasteiger partial charge in [0.15, 0.2) is 0 Å². The van der Waals surface area contributed by atoms with Crippen LogP contribution in [0.15, 0.2) is 5.38 Å². The van der Waals surface area contributed by atoms with Crippen LogP contribution in [0.2, 0.25) is 0 Å². The van der Waals surface area contributed by atoms with Crippen molar-refractivity contribution in [1.29, 1.82) is 0 Å². The summed E-state index contributed by atoms with van der Waals surface area (Å²) in [6.07, 6.45) is 5.16. The first-order valence-electron chi connectivity index (χ1n) is 4.00. The van der Waals surface area contributed by atoms with Crippen molar-refractivity contribution in [3.05, 3.63) is 10.4 Å². The van der Waals surface area contributed by atoms with Gasteiger partial charge in [0.25, 0.3) is 0 Å². The van der Waals surface area contributed by atoms with E-state index in [1.165, 1.54) is 25.7 Å². The van der Waals surface area contributed by atoms with E-state index in [2.05, 4.69) is 4.98 Å². The van der Waals surface area contributed by atoms with Crippen molar-refractivity contribution >= 4 is 11.3 Å². The molecule has 1 fully saturated rings. The third-order valence-electron chi connectivity index (χ3n) is 2.21. The lowest BCUT2D eigenvalue weighted by Crippen LogP contribution is -1.89. The highest BCUT2D eigenvalue weighted by Gasteiger charge is 2.19. The predicted octanol–water partition coefficient (Wildman–Crippen LogP) is 2.51. The second-order valence-electron chi connectivity index (χ2n) is 3.03. The molecule has 2 rings (SSSR count). The van der Waals surface area contributed by atoms with Crippen molar-refractivity contribution in [2.24, 2.45) is 0 Å². The summed E-state index contributed by atoms with van der Waals surface area (Å²) in [4.78, 5) is 4.07. The Labute approximate surface area is 69.9 Å². The van der Waals surface area contributed by atoms with E-state index >= 15 is 0 Å². The molecule has 1 aromatic rings. The highest BCUT2D eigenvalue weighted by Crippen LogP contribution is 2.36. The number of aromatic nitrogens is 1. The van der Waals surface area contributed by atoms with Gasteiger partial charge in [0.2, 0.25) is 5.88 Å². The molecule has 0 aromatic carbocycles. The number of rotatable bonds is 1. The Bertz CT molecular complexity index is 240. The van der Waals surface area contributed by atoms with Gasteiger partial charge in [0, 0.05) is 5.92 Å². The van der Waals surface area contributed by atoms with Gasteiger partial charge in [-0.2, -0.15) is 0 Å². The zero-order valence-corrected chi connectivity index (χ0v) is 7.10. The highest BCUT2D eigenvalue weighted by molar-refractivity contribution is 7.09. The maximum atomic E-state index is 9.01. The Morgan fingerprint density at radius 3 is 2.73 bits per heavy atom. The fraction of sp³-hybridized carbons (Fsp3) is 0.625. The molecule has 60 valence electrons. The molecule has 1 aliphatic rings. The third kappa shape index (κ3) is 1.38. The van der Waals surface area contributed by atoms with Gasteiger partial charge in [-0.15, -0.1) is 11.3 Å². The molecule has 0 unspecified atom stereocenters. The van der Waals surface area contributed by atoms with Gasteiger partial charge >= 0.3 is 0 Å². The van der Waals surface area contributed by atoms with E-state index < -0.39 is 0 Å². The molecule has 0 aliphatic heterocycles. The van der Waals surface area contributed by atoms with Crippen molar-refractivity contribution in [1.82, 2.24) is 4.98 Å². The van der Waals surface area contributed by atoms with Crippen molar-refractivity contribution in [3.63, 3.8) is 0 Å². The zero-order valence-electron chi connectivity index (χ0n) is 6.29. The maximum absolute atomic E-state index is 9.01. The van der Waals surface area contributed by atoms with Crippen molar-refractivity contribution < 1.29 is 5.11 Å². The number of hydrogen-bond donors (Lipinski definition) is 1. The van der Waals surface area contributed by atoms with Crippen LogP contribution in [0.5, 0.6) is 5.88 Å². The molecule has 1 heterocycles. The van der Waals surface area contributed by atoms with Crippen molar-refractivity contribution in [3.8, 4) is 5.88 Å². The van der Waals surface area contributed by atoms with Gasteiger partial charge in [0.05, 0.1) is 10.4 Å². The summed E-state index contributed by atoms with van der Waals surface area (Å²) in [7, 11) is 0. The van der Waals surface area contributed by atoms with Crippen LogP contribution in [0.3, 0.4) is 0 Å². The van der Waals surface area contributed by atoms with Gasteiger partial charge in [-0.05, 0) is 12.8 Å². The van der Waals surface area contributed by atoms with E-state index in [0.29, 0.717) is 5.92 Å². The summed E-state index contributed by atoms with van der Waals surface area (Å²) in [6.45, 7) is 0. The monoisotopic (exact) mass is 169 g/mol. The average Bonchev–Trinajstić information content (AvgIpc) is 2.55. The quantitative estimate of drug-likeness (QED) is 0.700. The molecule has 0 spiro atoms. The predicted molar refractivity (Wildman–Crippen MR) is 45.0 cm³/mol. The van der Waals surface area contributed by atoms with Crippen molar-refractivity contribution in [2.75, 3.05) is 0 Å². The minimum absolute atomic E-state index is 0.192. The number of thiazole rings is 1. The van der Waals surface area contributed by atoms with Gasteiger partial charge in [-0.3, -0.25) is 0 Å². The summed E-state index contributed by atoms with van der Waals surface area (Å²) in [5.41, 5.74) is 0. The van der Waals surface area contributed by atoms with E-state index in [0.717, 1.165) is 5.01 Å². The Hall–Kier alpha value is -0.570. The number of hydrogen-bond acceptors (Lipinski definition) is 3. The Balaban J connectivity index is 2.15. The van der Waals surface area contributed by atoms with E-state index in [9.17, 15) is 0 Å². The fourth-order valence-corrected chi connectivity index (χ4v) is 2.49. The van der Waals surface area contributed by atoms with Gasteiger partial charge < -0.3 is 5.11 Å². The molecule has 11 heavy (non-hydrogen) atoms. The lowest BCUT2D eigenvalue weighted by atomic mass is 10.1. The average molecular weight is 169 g/mol. The smallest absolute Gasteiger partial charge is 0.222 e. The minimum Gasteiger partial charge on any atom is -0.493 e. The molecule has 1 saturated carbocycles. The molecular formula is C8H11NOS. The highest BCUT2D eigenvalue weighted by atomic mass is 32.1. The molecule has 0 bridgehead atoms. The molecule has 1 aliphatic carbocycles. The molecule has 0 radical (unpaired) electrons. The number of aromatic hydroxyl groups is 1. The summed E-state index contributed by atoms with van der Waals surface area (Å²) >= 11 is 1.59. The van der Waals surface area contributed by atoms with Crippen LogP contribution < -0.4 is 0 Å². The van der Waals surface area contributed by atoms with E-state index in [1.807, 2.05) is 0 Å². The first-order valence-corrected chi connectivity index (χ1v) is 4.88. The van der Waals surface area contributed by atoms with E-state index in [-0.39, 0.29) is 5.88 Å². The van der Waals surface area contributed by atoms with Gasteiger partial charge in [0.1, 0.15) is 0 Å². The first-order chi connectivity index (χ1) is 5.36. The Kier molecular flexibility index (Phi) is 1.82. The number of nitrogens with zero attached hydrogens (tertiary/aromatic N) is 1. The molecule has 0 atom stereocenters. The molecule has 1 N–H and O–H groups in total. The standard InChI is InChI=1S/C8H11NOS/c10-7-5-11-8(9-7)6-3-1-2-4-6/h5-6,10H,1-4H2. The van der Waals surface area contributed by atoms with Crippen LogP contribution >= 0.6 is 11.3 Å². The second-order valence-corrected chi connectivity index (χ2v) is 3.92. The SMILES string of the molecule is Oc1csc(C2CCCC2)n1. The van der Waals surface area contributed by atoms with E-state index in [4.69, 9.17) is 5.11 Å². The van der Waals surface area contributed by atoms with E-state index in [1.54, 1.807) is 16.7 Å². The zero-order chi connectivity index (χ0) is 7.68. The molecular weight excluding hydrogens is 158 g/mol. The lowest BCUT2D eigenvalue weighted by Gasteiger charge is -2.01. The van der Waals surface area contributed by atoms with Crippen LogP contribution in [0.25, 0.3) is 0 Å². The van der Waals surface area contributed by atoms with Crippen LogP contribution in [0, 0.1) is 0 Å². The van der Waals surface area contributed by atoms with Gasteiger partial charge in [-0.25, -0.2) is 4.98 Å². The first kappa shape index (κ1) is 7.10. The summed E-state index contributed by atoms with van der Waals surface area (Å²) < 4.78 is 0. The normalized spacial score (nSPS) is 19.3. The van der Waals surface area contributed by atoms with Crippen LogP contribution in [-0.2, 0) is 0 Å². The Morgan fingerprint density at radius 1 is 1.45 bits per heavy atom. The molecule has 1 aromatic heterocycles. The summed E-state index contributed by atoms with van der Waals surface area (Å²) in [5.74, 6) is 0.831.